The first-order valence-corrected chi connectivity index (χ1v) is 9.75. The average molecular weight is 337 g/mol. The number of anilines is 1. The molecule has 0 aliphatic carbocycles. The van der Waals surface area contributed by atoms with Crippen molar-refractivity contribution in [2.45, 2.75) is 56.9 Å². The smallest absolute Gasteiger partial charge is 0.244 e. The van der Waals surface area contributed by atoms with E-state index in [1.807, 2.05) is 23.9 Å². The molecule has 0 radical (unpaired) electrons. The molecule has 4 nitrogen and oxygen atoms in total. The van der Waals surface area contributed by atoms with E-state index in [9.17, 15) is 9.90 Å². The highest BCUT2D eigenvalue weighted by Gasteiger charge is 2.30. The van der Waals surface area contributed by atoms with Crippen molar-refractivity contribution in [1.29, 1.82) is 0 Å². The Morgan fingerprint density at radius 1 is 1.30 bits per heavy atom. The highest BCUT2D eigenvalue weighted by molar-refractivity contribution is 7.98. The second-order valence-electron chi connectivity index (χ2n) is 6.09. The van der Waals surface area contributed by atoms with Gasteiger partial charge in [0.05, 0.1) is 6.10 Å². The monoisotopic (exact) mass is 336 g/mol. The fraction of sp³-hybridized carbons (Fsp3) is 0.611. The van der Waals surface area contributed by atoms with E-state index in [0.717, 1.165) is 11.4 Å². The summed E-state index contributed by atoms with van der Waals surface area (Å²) >= 11 is 1.97. The first-order chi connectivity index (χ1) is 11.2. The van der Waals surface area contributed by atoms with Gasteiger partial charge in [-0.05, 0) is 42.8 Å². The van der Waals surface area contributed by atoms with Crippen LogP contribution in [0.5, 0.6) is 0 Å². The molecule has 1 heterocycles. The molecule has 0 bridgehead atoms. The van der Waals surface area contributed by atoms with Gasteiger partial charge in [0.2, 0.25) is 5.91 Å². The SMILES string of the molecule is CCCCCCSCc1ccc(NC(=O)C2NCC[C@@H]2O)cc1. The van der Waals surface area contributed by atoms with Crippen LogP contribution in [0.4, 0.5) is 5.69 Å². The van der Waals surface area contributed by atoms with E-state index in [0.29, 0.717) is 13.0 Å². The molecule has 2 atom stereocenters. The molecule has 3 N–H and O–H groups in total. The van der Waals surface area contributed by atoms with E-state index < -0.39 is 12.1 Å². The standard InChI is InChI=1S/C18H28N2O2S/c1-2-3-4-5-12-23-13-14-6-8-15(9-7-14)20-18(22)17-16(21)10-11-19-17/h6-9,16-17,19,21H,2-5,10-13H2,1H3,(H,20,22)/t16-,17?/m0/s1. The summed E-state index contributed by atoms with van der Waals surface area (Å²) in [5.74, 6) is 2.07. The van der Waals surface area contributed by atoms with E-state index in [1.54, 1.807) is 0 Å². The van der Waals surface area contributed by atoms with Crippen molar-refractivity contribution in [2.75, 3.05) is 17.6 Å². The first-order valence-electron chi connectivity index (χ1n) is 8.59. The molecule has 0 aromatic heterocycles. The molecule has 1 aliphatic heterocycles. The minimum Gasteiger partial charge on any atom is -0.391 e. The predicted octanol–water partition coefficient (Wildman–Crippen LogP) is 3.16. The largest absolute Gasteiger partial charge is 0.391 e. The van der Waals surface area contributed by atoms with E-state index in [1.165, 1.54) is 37.0 Å². The van der Waals surface area contributed by atoms with E-state index >= 15 is 0 Å². The fourth-order valence-corrected chi connectivity index (χ4v) is 3.66. The molecule has 128 valence electrons. The average Bonchev–Trinajstić information content (AvgIpc) is 2.98. The lowest BCUT2D eigenvalue weighted by molar-refractivity contribution is -0.119. The zero-order valence-corrected chi connectivity index (χ0v) is 14.7. The lowest BCUT2D eigenvalue weighted by atomic mass is 10.1. The van der Waals surface area contributed by atoms with Crippen LogP contribution in [0.2, 0.25) is 0 Å². The van der Waals surface area contributed by atoms with Crippen molar-refractivity contribution >= 4 is 23.4 Å². The van der Waals surface area contributed by atoms with Gasteiger partial charge in [-0.2, -0.15) is 11.8 Å². The second kappa shape index (κ2) is 9.96. The van der Waals surface area contributed by atoms with Crippen LogP contribution in [0, 0.1) is 0 Å². The van der Waals surface area contributed by atoms with Crippen LogP contribution in [0.15, 0.2) is 24.3 Å². The quantitative estimate of drug-likeness (QED) is 0.606. The zero-order valence-electron chi connectivity index (χ0n) is 13.9. The molecule has 1 aromatic rings. The number of carbonyl (C=O) groups excluding carboxylic acids is 1. The van der Waals surface area contributed by atoms with Gasteiger partial charge in [-0.1, -0.05) is 38.3 Å². The van der Waals surface area contributed by atoms with Gasteiger partial charge in [-0.3, -0.25) is 4.79 Å². The normalized spacial score (nSPS) is 20.6. The Bertz CT molecular complexity index is 478. The maximum Gasteiger partial charge on any atom is 0.244 e. The number of unbranched alkanes of at least 4 members (excludes halogenated alkanes) is 3. The third-order valence-corrected chi connectivity index (χ3v) is 5.22. The van der Waals surface area contributed by atoms with Crippen LogP contribution in [0.25, 0.3) is 0 Å². The van der Waals surface area contributed by atoms with Crippen LogP contribution in [0.3, 0.4) is 0 Å². The summed E-state index contributed by atoms with van der Waals surface area (Å²) < 4.78 is 0. The minimum atomic E-state index is -0.585. The van der Waals surface area contributed by atoms with Gasteiger partial charge in [0, 0.05) is 11.4 Å². The Hall–Kier alpha value is -1.04. The van der Waals surface area contributed by atoms with Crippen molar-refractivity contribution in [3.63, 3.8) is 0 Å². The number of aliphatic hydroxyl groups excluding tert-OH is 1. The molecule has 0 spiro atoms. The zero-order chi connectivity index (χ0) is 16.5. The van der Waals surface area contributed by atoms with Gasteiger partial charge >= 0.3 is 0 Å². The van der Waals surface area contributed by atoms with Crippen LogP contribution >= 0.6 is 11.8 Å². The molecule has 1 amide bonds. The Morgan fingerprint density at radius 2 is 2.09 bits per heavy atom. The maximum atomic E-state index is 12.1. The molecule has 1 aliphatic rings. The third kappa shape index (κ3) is 6.16. The van der Waals surface area contributed by atoms with Crippen LogP contribution in [-0.2, 0) is 10.5 Å². The number of rotatable bonds is 9. The number of benzene rings is 1. The molecule has 1 saturated heterocycles. The number of amides is 1. The van der Waals surface area contributed by atoms with E-state index in [4.69, 9.17) is 0 Å². The number of nitrogens with one attached hydrogen (secondary N) is 2. The summed E-state index contributed by atoms with van der Waals surface area (Å²) in [6, 6.07) is 7.51. The van der Waals surface area contributed by atoms with Crippen molar-refractivity contribution in [1.82, 2.24) is 5.32 Å². The van der Waals surface area contributed by atoms with Crippen LogP contribution in [0.1, 0.15) is 44.6 Å². The molecule has 0 saturated carbocycles. The fourth-order valence-electron chi connectivity index (χ4n) is 2.68. The number of hydrogen-bond acceptors (Lipinski definition) is 4. The minimum absolute atomic E-state index is 0.159. The molecule has 2 rings (SSSR count). The highest BCUT2D eigenvalue weighted by Crippen LogP contribution is 2.18. The van der Waals surface area contributed by atoms with Crippen molar-refractivity contribution in [2.24, 2.45) is 0 Å². The topological polar surface area (TPSA) is 61.4 Å². The lowest BCUT2D eigenvalue weighted by Gasteiger charge is -2.14. The number of aliphatic hydroxyl groups is 1. The van der Waals surface area contributed by atoms with Crippen LogP contribution < -0.4 is 10.6 Å². The Labute approximate surface area is 143 Å². The summed E-state index contributed by atoms with van der Waals surface area (Å²) in [6.07, 6.45) is 5.29. The highest BCUT2D eigenvalue weighted by atomic mass is 32.2. The lowest BCUT2D eigenvalue weighted by Crippen LogP contribution is -2.42. The Balaban J connectivity index is 1.70. The number of hydrogen-bond donors (Lipinski definition) is 3. The van der Waals surface area contributed by atoms with Gasteiger partial charge < -0.3 is 15.7 Å². The summed E-state index contributed by atoms with van der Waals surface area (Å²) in [4.78, 5) is 12.1. The summed E-state index contributed by atoms with van der Waals surface area (Å²) in [5, 5.41) is 15.6. The van der Waals surface area contributed by atoms with Crippen LogP contribution in [-0.4, -0.2) is 35.5 Å². The second-order valence-corrected chi connectivity index (χ2v) is 7.19. The molecular weight excluding hydrogens is 308 g/mol. The maximum absolute atomic E-state index is 12.1. The van der Waals surface area contributed by atoms with Gasteiger partial charge in [0.1, 0.15) is 6.04 Å². The number of carbonyl (C=O) groups is 1. The predicted molar refractivity (Wildman–Crippen MR) is 97.8 cm³/mol. The summed E-state index contributed by atoms with van der Waals surface area (Å²) in [6.45, 7) is 2.92. The van der Waals surface area contributed by atoms with Gasteiger partial charge in [-0.15, -0.1) is 0 Å². The first kappa shape index (κ1) is 18.3. The van der Waals surface area contributed by atoms with Gasteiger partial charge in [0.25, 0.3) is 0 Å². The molecule has 23 heavy (non-hydrogen) atoms. The molecule has 1 fully saturated rings. The van der Waals surface area contributed by atoms with E-state index in [2.05, 4.69) is 29.7 Å². The van der Waals surface area contributed by atoms with Gasteiger partial charge in [0.15, 0.2) is 0 Å². The summed E-state index contributed by atoms with van der Waals surface area (Å²) in [5.41, 5.74) is 2.06. The molecule has 1 unspecified atom stereocenters. The van der Waals surface area contributed by atoms with E-state index in [-0.39, 0.29) is 5.91 Å². The molecular formula is C18H28N2O2S. The Kier molecular flexibility index (Phi) is 7.92. The van der Waals surface area contributed by atoms with Crippen molar-refractivity contribution in [3.8, 4) is 0 Å². The molecule has 5 heteroatoms. The summed E-state index contributed by atoms with van der Waals surface area (Å²) in [7, 11) is 0. The Morgan fingerprint density at radius 3 is 2.74 bits per heavy atom. The number of thioether (sulfide) groups is 1. The van der Waals surface area contributed by atoms with Crippen molar-refractivity contribution < 1.29 is 9.90 Å². The molecule has 1 aromatic carbocycles. The van der Waals surface area contributed by atoms with Crippen molar-refractivity contribution in [3.05, 3.63) is 29.8 Å². The third-order valence-electron chi connectivity index (χ3n) is 4.10. The van der Waals surface area contributed by atoms with Gasteiger partial charge in [-0.25, -0.2) is 0 Å².